The largest absolute Gasteiger partial charge is 0.307 e. The van der Waals surface area contributed by atoms with Gasteiger partial charge in [0.2, 0.25) is 0 Å². The van der Waals surface area contributed by atoms with E-state index in [2.05, 4.69) is 23.3 Å². The van der Waals surface area contributed by atoms with Crippen molar-refractivity contribution in [3.05, 3.63) is 50.9 Å². The Morgan fingerprint density at radius 1 is 1.44 bits per heavy atom. The molecule has 4 heteroatoms. The van der Waals surface area contributed by atoms with Crippen molar-refractivity contribution in [2.45, 2.75) is 13.0 Å². The lowest BCUT2D eigenvalue weighted by Gasteiger charge is -2.16. The third-order valence-electron chi connectivity index (χ3n) is 2.53. The lowest BCUT2D eigenvalue weighted by Crippen LogP contribution is -2.18. The van der Waals surface area contributed by atoms with Crippen LogP contribution in [-0.2, 0) is 0 Å². The van der Waals surface area contributed by atoms with Gasteiger partial charge in [-0.2, -0.15) is 0 Å². The van der Waals surface area contributed by atoms with Crippen molar-refractivity contribution in [1.82, 2.24) is 10.3 Å². The third-order valence-corrected chi connectivity index (χ3v) is 3.61. The molecule has 84 valence electrons. The summed E-state index contributed by atoms with van der Waals surface area (Å²) in [6, 6.07) is 6.11. The molecule has 1 heterocycles. The number of aryl methyl sites for hydroxylation is 1. The molecular formula is C12H13ClN2S. The zero-order valence-electron chi connectivity index (χ0n) is 9.20. The average molecular weight is 253 g/mol. The predicted octanol–water partition coefficient (Wildman–Crippen LogP) is 3.41. The molecule has 0 saturated carbocycles. The maximum absolute atomic E-state index is 5.96. The van der Waals surface area contributed by atoms with E-state index in [-0.39, 0.29) is 6.04 Å². The van der Waals surface area contributed by atoms with E-state index in [0.29, 0.717) is 0 Å². The first kappa shape index (κ1) is 11.6. The van der Waals surface area contributed by atoms with Crippen LogP contribution in [0.15, 0.2) is 29.8 Å². The van der Waals surface area contributed by atoms with Crippen LogP contribution in [0.1, 0.15) is 22.2 Å². The third kappa shape index (κ3) is 2.26. The lowest BCUT2D eigenvalue weighted by atomic mass is 10.0. The van der Waals surface area contributed by atoms with Crippen LogP contribution in [0, 0.1) is 6.92 Å². The van der Waals surface area contributed by atoms with E-state index in [9.17, 15) is 0 Å². The zero-order chi connectivity index (χ0) is 11.5. The first-order valence-electron chi connectivity index (χ1n) is 5.05. The van der Waals surface area contributed by atoms with Gasteiger partial charge in [-0.15, -0.1) is 11.3 Å². The second-order valence-electron chi connectivity index (χ2n) is 3.59. The Balaban J connectivity index is 2.41. The van der Waals surface area contributed by atoms with Gasteiger partial charge in [-0.1, -0.05) is 17.7 Å². The van der Waals surface area contributed by atoms with E-state index in [0.717, 1.165) is 10.0 Å². The van der Waals surface area contributed by atoms with Crippen molar-refractivity contribution in [3.8, 4) is 0 Å². The molecule has 0 aliphatic carbocycles. The van der Waals surface area contributed by atoms with Crippen LogP contribution >= 0.6 is 22.9 Å². The normalized spacial score (nSPS) is 12.7. The van der Waals surface area contributed by atoms with Crippen LogP contribution in [0.25, 0.3) is 0 Å². The average Bonchev–Trinajstić information content (AvgIpc) is 2.75. The fourth-order valence-corrected chi connectivity index (χ4v) is 2.74. The summed E-state index contributed by atoms with van der Waals surface area (Å²) in [5.74, 6) is 0. The standard InChI is InChI=1S/C12H13ClN2S/c1-8-7-9(13)3-4-10(8)11(14-2)12-15-5-6-16-12/h3-7,11,14H,1-2H3. The Kier molecular flexibility index (Phi) is 3.59. The molecule has 0 spiro atoms. The fourth-order valence-electron chi connectivity index (χ4n) is 1.75. The van der Waals surface area contributed by atoms with E-state index in [4.69, 9.17) is 11.6 Å². The Bertz CT molecular complexity index is 468. The van der Waals surface area contributed by atoms with Gasteiger partial charge < -0.3 is 5.32 Å². The molecule has 2 aromatic rings. The molecule has 2 rings (SSSR count). The van der Waals surface area contributed by atoms with Crippen molar-refractivity contribution >= 4 is 22.9 Å². The van der Waals surface area contributed by atoms with Crippen LogP contribution in [0.3, 0.4) is 0 Å². The molecular weight excluding hydrogens is 240 g/mol. The summed E-state index contributed by atoms with van der Waals surface area (Å²) in [5.41, 5.74) is 2.41. The number of thiazole rings is 1. The van der Waals surface area contributed by atoms with Crippen LogP contribution < -0.4 is 5.32 Å². The fraction of sp³-hybridized carbons (Fsp3) is 0.250. The SMILES string of the molecule is CNC(c1nccs1)c1ccc(Cl)cc1C. The second kappa shape index (κ2) is 4.95. The quantitative estimate of drug-likeness (QED) is 0.906. The minimum Gasteiger partial charge on any atom is -0.307 e. The molecule has 1 unspecified atom stereocenters. The molecule has 0 saturated heterocycles. The molecule has 1 atom stereocenters. The Morgan fingerprint density at radius 3 is 2.81 bits per heavy atom. The number of rotatable bonds is 3. The monoisotopic (exact) mass is 252 g/mol. The molecule has 16 heavy (non-hydrogen) atoms. The zero-order valence-corrected chi connectivity index (χ0v) is 10.8. The number of halogens is 1. The summed E-state index contributed by atoms with van der Waals surface area (Å²) in [5, 5.41) is 7.13. The second-order valence-corrected chi connectivity index (χ2v) is 4.96. The maximum Gasteiger partial charge on any atom is 0.114 e. The summed E-state index contributed by atoms with van der Waals surface area (Å²) in [6.45, 7) is 2.07. The number of hydrogen-bond acceptors (Lipinski definition) is 3. The van der Waals surface area contributed by atoms with E-state index >= 15 is 0 Å². The van der Waals surface area contributed by atoms with Gasteiger partial charge in [0.15, 0.2) is 0 Å². The van der Waals surface area contributed by atoms with Gasteiger partial charge >= 0.3 is 0 Å². The van der Waals surface area contributed by atoms with E-state index in [1.807, 2.05) is 30.8 Å². The Hall–Kier alpha value is -0.900. The number of benzene rings is 1. The highest BCUT2D eigenvalue weighted by atomic mass is 35.5. The summed E-state index contributed by atoms with van der Waals surface area (Å²) in [4.78, 5) is 4.35. The van der Waals surface area contributed by atoms with Gasteiger partial charge in [-0.3, -0.25) is 0 Å². The first-order valence-corrected chi connectivity index (χ1v) is 6.31. The number of aromatic nitrogens is 1. The minimum absolute atomic E-state index is 0.150. The summed E-state index contributed by atoms with van der Waals surface area (Å²) in [6.07, 6.45) is 1.83. The van der Waals surface area contributed by atoms with E-state index in [1.54, 1.807) is 11.3 Å². The molecule has 1 N–H and O–H groups in total. The Labute approximate surface area is 104 Å². The Morgan fingerprint density at radius 2 is 2.25 bits per heavy atom. The molecule has 2 nitrogen and oxygen atoms in total. The lowest BCUT2D eigenvalue weighted by molar-refractivity contribution is 0.682. The van der Waals surface area contributed by atoms with Gasteiger partial charge in [0.25, 0.3) is 0 Å². The maximum atomic E-state index is 5.96. The molecule has 0 fully saturated rings. The van der Waals surface area contributed by atoms with E-state index in [1.165, 1.54) is 11.1 Å². The van der Waals surface area contributed by atoms with Crippen molar-refractivity contribution < 1.29 is 0 Å². The smallest absolute Gasteiger partial charge is 0.114 e. The summed E-state index contributed by atoms with van der Waals surface area (Å²) < 4.78 is 0. The molecule has 0 bridgehead atoms. The predicted molar refractivity (Wildman–Crippen MR) is 69.2 cm³/mol. The highest BCUT2D eigenvalue weighted by molar-refractivity contribution is 7.09. The highest BCUT2D eigenvalue weighted by Crippen LogP contribution is 2.27. The van der Waals surface area contributed by atoms with Crippen molar-refractivity contribution in [3.63, 3.8) is 0 Å². The number of hydrogen-bond donors (Lipinski definition) is 1. The van der Waals surface area contributed by atoms with Crippen LogP contribution in [0.2, 0.25) is 5.02 Å². The van der Waals surface area contributed by atoms with Crippen molar-refractivity contribution in [2.75, 3.05) is 7.05 Å². The molecule has 0 amide bonds. The topological polar surface area (TPSA) is 24.9 Å². The molecule has 1 aromatic carbocycles. The molecule has 0 radical (unpaired) electrons. The minimum atomic E-state index is 0.150. The molecule has 0 aliphatic heterocycles. The number of nitrogens with zero attached hydrogens (tertiary/aromatic N) is 1. The van der Waals surface area contributed by atoms with Crippen LogP contribution in [0.4, 0.5) is 0 Å². The summed E-state index contributed by atoms with van der Waals surface area (Å²) >= 11 is 7.61. The first-order chi connectivity index (χ1) is 7.72. The molecule has 1 aromatic heterocycles. The van der Waals surface area contributed by atoms with Gasteiger partial charge in [-0.05, 0) is 37.2 Å². The van der Waals surface area contributed by atoms with Gasteiger partial charge in [0, 0.05) is 16.6 Å². The van der Waals surface area contributed by atoms with Crippen molar-refractivity contribution in [2.24, 2.45) is 0 Å². The van der Waals surface area contributed by atoms with Crippen LogP contribution in [0.5, 0.6) is 0 Å². The van der Waals surface area contributed by atoms with Gasteiger partial charge in [0.1, 0.15) is 5.01 Å². The molecule has 0 aliphatic rings. The summed E-state index contributed by atoms with van der Waals surface area (Å²) in [7, 11) is 1.94. The van der Waals surface area contributed by atoms with Gasteiger partial charge in [0.05, 0.1) is 6.04 Å². The van der Waals surface area contributed by atoms with Crippen molar-refractivity contribution in [1.29, 1.82) is 0 Å². The van der Waals surface area contributed by atoms with Crippen LogP contribution in [-0.4, -0.2) is 12.0 Å². The van der Waals surface area contributed by atoms with Gasteiger partial charge in [-0.25, -0.2) is 4.98 Å². The number of nitrogens with one attached hydrogen (secondary N) is 1. The highest BCUT2D eigenvalue weighted by Gasteiger charge is 2.16. The van der Waals surface area contributed by atoms with E-state index < -0.39 is 0 Å².